The van der Waals surface area contributed by atoms with Crippen molar-refractivity contribution < 1.29 is 4.79 Å². The molecular weight excluding hydrogens is 270 g/mol. The van der Waals surface area contributed by atoms with Gasteiger partial charge in [-0.05, 0) is 6.92 Å². The number of nitrogens with one attached hydrogen (secondary N) is 1. The van der Waals surface area contributed by atoms with Gasteiger partial charge in [-0.2, -0.15) is 4.68 Å². The highest BCUT2D eigenvalue weighted by molar-refractivity contribution is 5.96. The first-order valence-corrected chi connectivity index (χ1v) is 6.36. The molecule has 1 aliphatic heterocycles. The molecule has 1 aliphatic rings. The van der Waals surface area contributed by atoms with Crippen molar-refractivity contribution in [3.63, 3.8) is 0 Å². The van der Waals surface area contributed by atoms with Crippen LogP contribution in [0.5, 0.6) is 0 Å². The molecule has 0 fully saturated rings. The fourth-order valence-corrected chi connectivity index (χ4v) is 2.06. The Labute approximate surface area is 120 Å². The molecule has 0 unspecified atom stereocenters. The van der Waals surface area contributed by atoms with E-state index in [4.69, 9.17) is 0 Å². The quantitative estimate of drug-likeness (QED) is 0.834. The third-order valence-electron chi connectivity index (χ3n) is 3.28. The van der Waals surface area contributed by atoms with Crippen molar-refractivity contribution in [2.45, 2.75) is 6.92 Å². The Bertz CT molecular complexity index is 795. The summed E-state index contributed by atoms with van der Waals surface area (Å²) >= 11 is 0. The molecule has 0 aliphatic carbocycles. The third-order valence-corrected chi connectivity index (χ3v) is 3.28. The van der Waals surface area contributed by atoms with Crippen LogP contribution in [-0.2, 0) is 4.79 Å². The second-order valence-corrected chi connectivity index (χ2v) is 4.68. The van der Waals surface area contributed by atoms with Crippen LogP contribution in [0.1, 0.15) is 6.92 Å². The van der Waals surface area contributed by atoms with Gasteiger partial charge in [-0.15, -0.1) is 10.2 Å². The molecule has 0 saturated heterocycles. The summed E-state index contributed by atoms with van der Waals surface area (Å²) in [6, 6.07) is 9.00. The molecule has 7 heteroatoms. The van der Waals surface area contributed by atoms with Crippen molar-refractivity contribution in [3.05, 3.63) is 52.5 Å². The van der Waals surface area contributed by atoms with Crippen LogP contribution < -0.4 is 15.9 Å². The molecule has 21 heavy (non-hydrogen) atoms. The number of nitrogens with zero attached hydrogens (tertiary/aromatic N) is 4. The summed E-state index contributed by atoms with van der Waals surface area (Å²) in [4.78, 5) is 26.0. The van der Waals surface area contributed by atoms with Gasteiger partial charge in [-0.25, -0.2) is 0 Å². The highest BCUT2D eigenvalue weighted by Crippen LogP contribution is 2.17. The van der Waals surface area contributed by atoms with Crippen LogP contribution in [0, 0.1) is 0 Å². The van der Waals surface area contributed by atoms with Gasteiger partial charge in [0.05, 0.1) is 0 Å². The smallest absolute Gasteiger partial charge is 0.300 e. The number of amides is 1. The van der Waals surface area contributed by atoms with E-state index >= 15 is 0 Å². The van der Waals surface area contributed by atoms with Crippen LogP contribution in [0.4, 0.5) is 5.95 Å². The number of carbonyl (C=O) groups is 1. The van der Waals surface area contributed by atoms with Gasteiger partial charge in [0.25, 0.3) is 11.9 Å². The molecule has 3 rings (SSSR count). The highest BCUT2D eigenvalue weighted by Gasteiger charge is 2.21. The molecule has 1 N–H and O–H groups in total. The van der Waals surface area contributed by atoms with Gasteiger partial charge in [0.2, 0.25) is 0 Å². The topological polar surface area (TPSA) is 80.1 Å². The predicted molar refractivity (Wildman–Crippen MR) is 78.3 cm³/mol. The number of hydrogen-bond acceptors (Lipinski definition) is 5. The summed E-state index contributed by atoms with van der Waals surface area (Å²) in [5, 5.41) is 8.08. The number of fused-ring (bicyclic) bond motifs is 1. The number of anilines is 1. The fraction of sp³-hybridized carbons (Fsp3) is 0.143. The van der Waals surface area contributed by atoms with Gasteiger partial charge in [0, 0.05) is 24.4 Å². The summed E-state index contributed by atoms with van der Waals surface area (Å²) in [6.07, 6.45) is 1.40. The van der Waals surface area contributed by atoms with Crippen LogP contribution >= 0.6 is 0 Å². The maximum atomic E-state index is 12.6. The zero-order chi connectivity index (χ0) is 15.0. The van der Waals surface area contributed by atoms with Gasteiger partial charge in [0.15, 0.2) is 5.69 Å². The average Bonchev–Trinajstić information content (AvgIpc) is 2.59. The normalized spacial score (nSPS) is 14.1. The molecular formula is C14H13N5O2. The van der Waals surface area contributed by atoms with E-state index in [2.05, 4.69) is 15.6 Å². The lowest BCUT2D eigenvalue weighted by Crippen LogP contribution is -2.36. The van der Waals surface area contributed by atoms with Crippen molar-refractivity contribution in [1.29, 1.82) is 0 Å². The maximum Gasteiger partial charge on any atom is 0.300 e. The van der Waals surface area contributed by atoms with Crippen LogP contribution in [0.25, 0.3) is 11.3 Å². The number of hydrogen-bond donors (Lipinski definition) is 1. The molecule has 0 bridgehead atoms. The largest absolute Gasteiger partial charge is 0.316 e. The van der Waals surface area contributed by atoms with E-state index in [9.17, 15) is 9.59 Å². The van der Waals surface area contributed by atoms with E-state index in [0.717, 1.165) is 4.68 Å². The first-order valence-electron chi connectivity index (χ1n) is 6.36. The minimum absolute atomic E-state index is 0.188. The second kappa shape index (κ2) is 4.86. The predicted octanol–water partition coefficient (Wildman–Crippen LogP) is 0.729. The molecule has 1 aromatic heterocycles. The van der Waals surface area contributed by atoms with E-state index in [1.165, 1.54) is 6.08 Å². The molecule has 1 amide bonds. The fourth-order valence-electron chi connectivity index (χ4n) is 2.06. The number of allylic oxidation sites excluding steroid dienone is 1. The monoisotopic (exact) mass is 283 g/mol. The third kappa shape index (κ3) is 2.18. The van der Waals surface area contributed by atoms with E-state index in [0.29, 0.717) is 11.3 Å². The maximum absolute atomic E-state index is 12.6. The van der Waals surface area contributed by atoms with Crippen LogP contribution in [0.3, 0.4) is 0 Å². The number of rotatable bonds is 1. The standard InChI is InChI=1S/C14H13N5O2/c1-9-8-11(20)17-19-13(21)12(10-6-4-3-5-7-10)15-16-14(19)18(9)2/h3-8H,1-2H3,(H,17,20). The molecule has 0 spiro atoms. The zero-order valence-electron chi connectivity index (χ0n) is 11.6. The molecule has 7 nitrogen and oxygen atoms in total. The van der Waals surface area contributed by atoms with E-state index in [-0.39, 0.29) is 17.5 Å². The summed E-state index contributed by atoms with van der Waals surface area (Å²) in [5.41, 5.74) is 3.59. The molecule has 106 valence electrons. The lowest BCUT2D eigenvalue weighted by atomic mass is 10.2. The zero-order valence-corrected chi connectivity index (χ0v) is 11.6. The second-order valence-electron chi connectivity index (χ2n) is 4.68. The summed E-state index contributed by atoms with van der Waals surface area (Å²) in [7, 11) is 1.72. The van der Waals surface area contributed by atoms with E-state index < -0.39 is 5.56 Å². The molecule has 2 heterocycles. The molecule has 0 radical (unpaired) electrons. The van der Waals surface area contributed by atoms with Crippen LogP contribution in [0.2, 0.25) is 0 Å². The highest BCUT2D eigenvalue weighted by atomic mass is 16.2. The van der Waals surface area contributed by atoms with Gasteiger partial charge in [-0.3, -0.25) is 15.0 Å². The number of aromatic nitrogens is 3. The Morgan fingerprint density at radius 1 is 1.10 bits per heavy atom. The molecule has 1 aromatic carbocycles. The lowest BCUT2D eigenvalue weighted by molar-refractivity contribution is -0.112. The number of benzene rings is 1. The first-order chi connectivity index (χ1) is 10.1. The Morgan fingerprint density at radius 3 is 2.52 bits per heavy atom. The minimum atomic E-state index is -0.422. The van der Waals surface area contributed by atoms with Crippen LogP contribution in [-0.4, -0.2) is 27.8 Å². The van der Waals surface area contributed by atoms with Crippen LogP contribution in [0.15, 0.2) is 46.9 Å². The van der Waals surface area contributed by atoms with Crippen molar-refractivity contribution in [3.8, 4) is 11.3 Å². The molecule has 0 atom stereocenters. The average molecular weight is 283 g/mol. The Balaban J connectivity index is 2.21. The Morgan fingerprint density at radius 2 is 1.81 bits per heavy atom. The van der Waals surface area contributed by atoms with Crippen molar-refractivity contribution >= 4 is 11.9 Å². The van der Waals surface area contributed by atoms with Crippen molar-refractivity contribution in [2.24, 2.45) is 0 Å². The molecule has 0 saturated carbocycles. The minimum Gasteiger partial charge on any atom is -0.316 e. The Hall–Kier alpha value is -2.96. The summed E-state index contributed by atoms with van der Waals surface area (Å²) in [6.45, 7) is 1.76. The SMILES string of the molecule is CC1=CC(=O)Nn2c(nnc(-c3ccccc3)c2=O)N1C. The lowest BCUT2D eigenvalue weighted by Gasteiger charge is -2.18. The van der Waals surface area contributed by atoms with Crippen molar-refractivity contribution in [2.75, 3.05) is 17.4 Å². The van der Waals surface area contributed by atoms with E-state index in [1.807, 2.05) is 18.2 Å². The van der Waals surface area contributed by atoms with Gasteiger partial charge in [-0.1, -0.05) is 30.3 Å². The molecule has 2 aromatic rings. The summed E-state index contributed by atoms with van der Waals surface area (Å²) in [5.74, 6) is -0.119. The first kappa shape index (κ1) is 13.0. The summed E-state index contributed by atoms with van der Waals surface area (Å²) < 4.78 is 1.12. The number of carbonyl (C=O) groups excluding carboxylic acids is 1. The van der Waals surface area contributed by atoms with Gasteiger partial charge >= 0.3 is 5.56 Å². The van der Waals surface area contributed by atoms with Gasteiger partial charge in [0.1, 0.15) is 0 Å². The van der Waals surface area contributed by atoms with Crippen molar-refractivity contribution in [1.82, 2.24) is 14.9 Å². The van der Waals surface area contributed by atoms with Gasteiger partial charge < -0.3 is 4.90 Å². The Kier molecular flexibility index (Phi) is 3.02. The van der Waals surface area contributed by atoms with E-state index in [1.54, 1.807) is 31.0 Å².